The van der Waals surface area contributed by atoms with E-state index in [4.69, 9.17) is 9.52 Å². The molecule has 0 saturated heterocycles. The molecule has 0 spiro atoms. The van der Waals surface area contributed by atoms with Crippen molar-refractivity contribution < 1.29 is 14.3 Å². The zero-order chi connectivity index (χ0) is 13.7. The van der Waals surface area contributed by atoms with Crippen molar-refractivity contribution in [2.45, 2.75) is 25.8 Å². The van der Waals surface area contributed by atoms with E-state index in [9.17, 15) is 4.79 Å². The second-order valence-electron chi connectivity index (χ2n) is 4.35. The Kier molecular flexibility index (Phi) is 4.23. The third-order valence-corrected chi connectivity index (χ3v) is 3.07. The van der Waals surface area contributed by atoms with Crippen molar-refractivity contribution in [1.82, 2.24) is 0 Å². The molecule has 4 nitrogen and oxygen atoms in total. The highest BCUT2D eigenvalue weighted by Crippen LogP contribution is 2.21. The summed E-state index contributed by atoms with van der Waals surface area (Å²) in [6.45, 7) is 2.49. The Labute approximate surface area is 112 Å². The number of carboxylic acid groups (broad SMARTS) is 1. The Morgan fingerprint density at radius 3 is 2.58 bits per heavy atom. The average Bonchev–Trinajstić information content (AvgIpc) is 2.91. The third-order valence-electron chi connectivity index (χ3n) is 3.07. The zero-order valence-corrected chi connectivity index (χ0v) is 10.8. The lowest BCUT2D eigenvalue weighted by Gasteiger charge is -2.11. The fourth-order valence-corrected chi connectivity index (χ4v) is 1.99. The van der Waals surface area contributed by atoms with E-state index in [1.54, 1.807) is 6.26 Å². The van der Waals surface area contributed by atoms with Gasteiger partial charge in [0.2, 0.25) is 0 Å². The number of furan rings is 1. The quantitative estimate of drug-likeness (QED) is 0.833. The molecule has 0 aliphatic heterocycles. The summed E-state index contributed by atoms with van der Waals surface area (Å²) in [7, 11) is 0. The Morgan fingerprint density at radius 2 is 2.05 bits per heavy atom. The van der Waals surface area contributed by atoms with Crippen LogP contribution < -0.4 is 5.32 Å². The standard InChI is InChI=1S/C15H17NO3/c1-2-14(15(17)18)11-5-7-12(8-6-11)16-10-13-4-3-9-19-13/h3-9,14,16H,2,10H2,1H3,(H,17,18). The molecule has 1 heterocycles. The van der Waals surface area contributed by atoms with Crippen LogP contribution in [-0.4, -0.2) is 11.1 Å². The predicted molar refractivity (Wildman–Crippen MR) is 73.1 cm³/mol. The van der Waals surface area contributed by atoms with Crippen LogP contribution in [0.3, 0.4) is 0 Å². The molecule has 4 heteroatoms. The summed E-state index contributed by atoms with van der Waals surface area (Å²) in [5.41, 5.74) is 1.78. The lowest BCUT2D eigenvalue weighted by Crippen LogP contribution is -2.10. The lowest BCUT2D eigenvalue weighted by atomic mass is 9.96. The molecular formula is C15H17NO3. The Morgan fingerprint density at radius 1 is 1.32 bits per heavy atom. The minimum Gasteiger partial charge on any atom is -0.481 e. The topological polar surface area (TPSA) is 62.5 Å². The fraction of sp³-hybridized carbons (Fsp3) is 0.267. The first-order valence-electron chi connectivity index (χ1n) is 6.29. The van der Waals surface area contributed by atoms with Gasteiger partial charge < -0.3 is 14.8 Å². The van der Waals surface area contributed by atoms with E-state index >= 15 is 0 Å². The van der Waals surface area contributed by atoms with Gasteiger partial charge in [0.1, 0.15) is 5.76 Å². The van der Waals surface area contributed by atoms with Crippen molar-refractivity contribution in [2.24, 2.45) is 0 Å². The first-order valence-corrected chi connectivity index (χ1v) is 6.29. The second-order valence-corrected chi connectivity index (χ2v) is 4.35. The van der Waals surface area contributed by atoms with Crippen molar-refractivity contribution in [2.75, 3.05) is 5.32 Å². The molecule has 1 aromatic carbocycles. The van der Waals surface area contributed by atoms with Crippen molar-refractivity contribution in [3.8, 4) is 0 Å². The van der Waals surface area contributed by atoms with Gasteiger partial charge in [0.25, 0.3) is 0 Å². The molecule has 0 amide bonds. The van der Waals surface area contributed by atoms with E-state index in [2.05, 4.69) is 5.32 Å². The Hall–Kier alpha value is -2.23. The van der Waals surface area contributed by atoms with E-state index < -0.39 is 11.9 Å². The lowest BCUT2D eigenvalue weighted by molar-refractivity contribution is -0.138. The third kappa shape index (κ3) is 3.37. The summed E-state index contributed by atoms with van der Waals surface area (Å²) in [6.07, 6.45) is 2.23. The van der Waals surface area contributed by atoms with Crippen molar-refractivity contribution in [1.29, 1.82) is 0 Å². The molecular weight excluding hydrogens is 242 g/mol. The van der Waals surface area contributed by atoms with Gasteiger partial charge >= 0.3 is 5.97 Å². The van der Waals surface area contributed by atoms with Gasteiger partial charge in [-0.15, -0.1) is 0 Å². The molecule has 2 rings (SSSR count). The largest absolute Gasteiger partial charge is 0.481 e. The maximum atomic E-state index is 11.1. The molecule has 2 aromatic rings. The van der Waals surface area contributed by atoms with E-state index in [0.29, 0.717) is 13.0 Å². The highest BCUT2D eigenvalue weighted by atomic mass is 16.4. The van der Waals surface area contributed by atoms with Crippen molar-refractivity contribution in [3.63, 3.8) is 0 Å². The molecule has 1 atom stereocenters. The number of aliphatic carboxylic acids is 1. The van der Waals surface area contributed by atoms with Crippen LogP contribution in [0.25, 0.3) is 0 Å². The molecule has 2 N–H and O–H groups in total. The second kappa shape index (κ2) is 6.09. The molecule has 0 bridgehead atoms. The minimum absolute atomic E-state index is 0.431. The number of anilines is 1. The van der Waals surface area contributed by atoms with Crippen LogP contribution in [0.4, 0.5) is 5.69 Å². The van der Waals surface area contributed by atoms with Gasteiger partial charge in [0, 0.05) is 5.69 Å². The highest BCUT2D eigenvalue weighted by molar-refractivity contribution is 5.76. The molecule has 0 aliphatic carbocycles. The van der Waals surface area contributed by atoms with Crippen LogP contribution in [0.5, 0.6) is 0 Å². The minimum atomic E-state index is -0.779. The van der Waals surface area contributed by atoms with Gasteiger partial charge in [0.15, 0.2) is 0 Å². The van der Waals surface area contributed by atoms with Crippen LogP contribution in [0, 0.1) is 0 Å². The van der Waals surface area contributed by atoms with Crippen LogP contribution in [-0.2, 0) is 11.3 Å². The van der Waals surface area contributed by atoms with Gasteiger partial charge in [0.05, 0.1) is 18.7 Å². The molecule has 0 fully saturated rings. The van der Waals surface area contributed by atoms with Crippen molar-refractivity contribution >= 4 is 11.7 Å². The number of rotatable bonds is 6. The average molecular weight is 259 g/mol. The van der Waals surface area contributed by atoms with Crippen LogP contribution >= 0.6 is 0 Å². The van der Waals surface area contributed by atoms with Gasteiger partial charge in [-0.25, -0.2) is 0 Å². The number of nitrogens with one attached hydrogen (secondary N) is 1. The maximum absolute atomic E-state index is 11.1. The Bertz CT molecular complexity index is 517. The predicted octanol–water partition coefficient (Wildman–Crippen LogP) is 3.47. The Balaban J connectivity index is 1.99. The van der Waals surface area contributed by atoms with Crippen LogP contribution in [0.1, 0.15) is 30.6 Å². The smallest absolute Gasteiger partial charge is 0.310 e. The van der Waals surface area contributed by atoms with E-state index in [1.165, 1.54) is 0 Å². The number of carbonyl (C=O) groups is 1. The number of benzene rings is 1. The number of carboxylic acids is 1. The molecule has 1 unspecified atom stereocenters. The summed E-state index contributed by atoms with van der Waals surface area (Å²) < 4.78 is 5.23. The first kappa shape index (κ1) is 13.2. The van der Waals surface area contributed by atoms with Gasteiger partial charge in [-0.3, -0.25) is 4.79 Å². The normalized spacial score (nSPS) is 12.1. The summed E-state index contributed by atoms with van der Waals surface area (Å²) in [5.74, 6) is -0.348. The van der Waals surface area contributed by atoms with E-state index in [-0.39, 0.29) is 0 Å². The maximum Gasteiger partial charge on any atom is 0.310 e. The zero-order valence-electron chi connectivity index (χ0n) is 10.8. The molecule has 0 radical (unpaired) electrons. The monoisotopic (exact) mass is 259 g/mol. The number of hydrogen-bond acceptors (Lipinski definition) is 3. The van der Waals surface area contributed by atoms with Crippen LogP contribution in [0.2, 0.25) is 0 Å². The van der Waals surface area contributed by atoms with E-state index in [0.717, 1.165) is 17.0 Å². The van der Waals surface area contributed by atoms with Crippen LogP contribution in [0.15, 0.2) is 47.1 Å². The molecule has 100 valence electrons. The molecule has 19 heavy (non-hydrogen) atoms. The summed E-state index contributed by atoms with van der Waals surface area (Å²) in [4.78, 5) is 11.1. The number of hydrogen-bond donors (Lipinski definition) is 2. The summed E-state index contributed by atoms with van der Waals surface area (Å²) in [5, 5.41) is 12.3. The van der Waals surface area contributed by atoms with Gasteiger partial charge in [-0.05, 0) is 36.2 Å². The van der Waals surface area contributed by atoms with Crippen molar-refractivity contribution in [3.05, 3.63) is 54.0 Å². The summed E-state index contributed by atoms with van der Waals surface area (Å²) >= 11 is 0. The first-order chi connectivity index (χ1) is 9.20. The highest BCUT2D eigenvalue weighted by Gasteiger charge is 2.16. The van der Waals surface area contributed by atoms with E-state index in [1.807, 2.05) is 43.3 Å². The SMILES string of the molecule is CCC(C(=O)O)c1ccc(NCc2ccco2)cc1. The van der Waals surface area contributed by atoms with Gasteiger partial charge in [-0.1, -0.05) is 19.1 Å². The summed E-state index contributed by atoms with van der Waals surface area (Å²) in [6, 6.07) is 11.2. The molecule has 0 aliphatic rings. The molecule has 0 saturated carbocycles. The van der Waals surface area contributed by atoms with Gasteiger partial charge in [-0.2, -0.15) is 0 Å². The molecule has 1 aromatic heterocycles. The fourth-order valence-electron chi connectivity index (χ4n) is 1.99.